The lowest BCUT2D eigenvalue weighted by Crippen LogP contribution is -2.38. The number of amides is 2. The third kappa shape index (κ3) is 5.42. The fourth-order valence-corrected chi connectivity index (χ4v) is 2.48. The van der Waals surface area contributed by atoms with Gasteiger partial charge in [-0.3, -0.25) is 14.9 Å². The van der Waals surface area contributed by atoms with Gasteiger partial charge in [-0.1, -0.05) is 32.9 Å². The zero-order valence-electron chi connectivity index (χ0n) is 15.7. The molecule has 0 saturated heterocycles. The van der Waals surface area contributed by atoms with Gasteiger partial charge in [0.05, 0.1) is 0 Å². The number of carbonyl (C=O) groups excluding carboxylic acids is 2. The molecule has 0 unspecified atom stereocenters. The van der Waals surface area contributed by atoms with E-state index in [4.69, 9.17) is 0 Å². The van der Waals surface area contributed by atoms with E-state index in [0.29, 0.717) is 5.13 Å². The molecule has 1 aromatic carbocycles. The molecule has 0 aliphatic carbocycles. The number of hydrogen-bond donors (Lipinski definition) is 2. The van der Waals surface area contributed by atoms with E-state index in [9.17, 15) is 9.59 Å². The molecule has 0 fully saturated rings. The van der Waals surface area contributed by atoms with E-state index in [-0.39, 0.29) is 11.6 Å². The summed E-state index contributed by atoms with van der Waals surface area (Å²) in [4.78, 5) is 31.0. The summed E-state index contributed by atoms with van der Waals surface area (Å²) in [6.07, 6.45) is 3.27. The monoisotopic (exact) mass is 372 g/mol. The van der Waals surface area contributed by atoms with E-state index >= 15 is 0 Å². The number of benzene rings is 1. The fraction of sp³-hybridized carbons (Fsp3) is 0.316. The summed E-state index contributed by atoms with van der Waals surface area (Å²) < 4.78 is 0. The molecule has 1 heterocycles. The highest BCUT2D eigenvalue weighted by Gasteiger charge is 2.24. The van der Waals surface area contributed by atoms with Crippen LogP contribution in [-0.4, -0.2) is 30.9 Å². The fourth-order valence-electron chi connectivity index (χ4n) is 1.95. The van der Waals surface area contributed by atoms with Crippen molar-refractivity contribution >= 4 is 40.0 Å². The van der Waals surface area contributed by atoms with Gasteiger partial charge in [0, 0.05) is 36.8 Å². The lowest BCUT2D eigenvalue weighted by Gasteiger charge is -2.19. The van der Waals surface area contributed by atoms with Crippen molar-refractivity contribution in [2.24, 2.45) is 5.41 Å². The molecule has 26 heavy (non-hydrogen) atoms. The number of anilines is 2. The molecule has 2 aromatic rings. The Hall–Kier alpha value is -2.67. The Kier molecular flexibility index (Phi) is 6.15. The Morgan fingerprint density at radius 3 is 2.31 bits per heavy atom. The Morgan fingerprint density at radius 2 is 1.81 bits per heavy atom. The topological polar surface area (TPSA) is 74.3 Å². The summed E-state index contributed by atoms with van der Waals surface area (Å²) in [7, 11) is 3.92. The quantitative estimate of drug-likeness (QED) is 0.790. The zero-order valence-corrected chi connectivity index (χ0v) is 16.5. The van der Waals surface area contributed by atoms with Gasteiger partial charge in [0.25, 0.3) is 5.91 Å². The van der Waals surface area contributed by atoms with Crippen LogP contribution >= 0.6 is 11.3 Å². The summed E-state index contributed by atoms with van der Waals surface area (Å²) in [5.41, 5.74) is 1.43. The van der Waals surface area contributed by atoms with Crippen molar-refractivity contribution in [3.05, 3.63) is 47.1 Å². The van der Waals surface area contributed by atoms with Crippen molar-refractivity contribution in [2.45, 2.75) is 20.8 Å². The first kappa shape index (κ1) is 19.7. The number of aromatic nitrogens is 1. The standard InChI is InChI=1S/C19H24N4O2S/c1-19(2,3)17(25)21-15(16(24)22-18-20-10-11-26-18)12-13-6-8-14(9-7-13)23(4)5/h6-12H,1-5H3,(H,21,25)(H,20,22,24)/b15-12+. The molecule has 0 atom stereocenters. The first-order valence-corrected chi connectivity index (χ1v) is 9.06. The number of nitrogens with zero attached hydrogens (tertiary/aromatic N) is 2. The second kappa shape index (κ2) is 8.14. The second-order valence-electron chi connectivity index (χ2n) is 7.04. The Labute approximate surface area is 157 Å². The summed E-state index contributed by atoms with van der Waals surface area (Å²) in [5, 5.41) is 7.69. The third-order valence-electron chi connectivity index (χ3n) is 3.55. The van der Waals surface area contributed by atoms with Crippen LogP contribution in [0.15, 0.2) is 41.5 Å². The van der Waals surface area contributed by atoms with E-state index in [1.165, 1.54) is 11.3 Å². The van der Waals surface area contributed by atoms with E-state index < -0.39 is 11.3 Å². The molecule has 7 heteroatoms. The number of rotatable bonds is 5. The average Bonchev–Trinajstić information content (AvgIpc) is 3.06. The van der Waals surface area contributed by atoms with Crippen molar-refractivity contribution in [2.75, 3.05) is 24.3 Å². The van der Waals surface area contributed by atoms with Crippen LogP contribution in [0.1, 0.15) is 26.3 Å². The summed E-state index contributed by atoms with van der Waals surface area (Å²) in [6, 6.07) is 7.70. The predicted octanol–water partition coefficient (Wildman–Crippen LogP) is 3.35. The van der Waals surface area contributed by atoms with Gasteiger partial charge in [-0.2, -0.15) is 0 Å². The summed E-state index contributed by atoms with van der Waals surface area (Å²) >= 11 is 1.32. The van der Waals surface area contributed by atoms with Gasteiger partial charge in [-0.15, -0.1) is 11.3 Å². The molecular weight excluding hydrogens is 348 g/mol. The van der Waals surface area contributed by atoms with Crippen LogP contribution in [0.5, 0.6) is 0 Å². The van der Waals surface area contributed by atoms with Crippen molar-refractivity contribution in [3.8, 4) is 0 Å². The van der Waals surface area contributed by atoms with Crippen molar-refractivity contribution in [3.63, 3.8) is 0 Å². The molecule has 0 aliphatic heterocycles. The molecule has 1 aromatic heterocycles. The minimum atomic E-state index is -0.616. The van der Waals surface area contributed by atoms with E-state index in [0.717, 1.165) is 11.3 Å². The van der Waals surface area contributed by atoms with Gasteiger partial charge in [0.2, 0.25) is 5.91 Å². The van der Waals surface area contributed by atoms with E-state index in [1.807, 2.05) is 43.3 Å². The Morgan fingerprint density at radius 1 is 1.15 bits per heavy atom. The maximum Gasteiger partial charge on any atom is 0.273 e. The molecule has 0 aliphatic rings. The van der Waals surface area contributed by atoms with E-state index in [1.54, 1.807) is 38.4 Å². The normalized spacial score (nSPS) is 11.8. The van der Waals surface area contributed by atoms with Crippen LogP contribution in [0.25, 0.3) is 6.08 Å². The minimum absolute atomic E-state index is 0.178. The summed E-state index contributed by atoms with van der Waals surface area (Å²) in [5.74, 6) is -0.641. The molecule has 0 radical (unpaired) electrons. The predicted molar refractivity (Wildman–Crippen MR) is 107 cm³/mol. The van der Waals surface area contributed by atoms with Gasteiger partial charge >= 0.3 is 0 Å². The second-order valence-corrected chi connectivity index (χ2v) is 7.93. The van der Waals surface area contributed by atoms with Gasteiger partial charge in [-0.05, 0) is 23.8 Å². The number of nitrogens with one attached hydrogen (secondary N) is 2. The number of thiazole rings is 1. The highest BCUT2D eigenvalue weighted by molar-refractivity contribution is 7.13. The maximum absolute atomic E-state index is 12.6. The van der Waals surface area contributed by atoms with E-state index in [2.05, 4.69) is 15.6 Å². The first-order chi connectivity index (χ1) is 12.2. The van der Waals surface area contributed by atoms with Crippen LogP contribution in [0.3, 0.4) is 0 Å². The average molecular weight is 372 g/mol. The molecule has 0 saturated carbocycles. The SMILES string of the molecule is CN(C)c1ccc(/C=C(/NC(=O)C(C)(C)C)C(=O)Nc2nccs2)cc1. The molecule has 2 rings (SSSR count). The maximum atomic E-state index is 12.6. The first-order valence-electron chi connectivity index (χ1n) is 8.18. The van der Waals surface area contributed by atoms with Gasteiger partial charge in [0.1, 0.15) is 5.70 Å². The minimum Gasteiger partial charge on any atom is -0.378 e. The Balaban J connectivity index is 2.29. The number of carbonyl (C=O) groups is 2. The molecular formula is C19H24N4O2S. The molecule has 2 amide bonds. The highest BCUT2D eigenvalue weighted by Crippen LogP contribution is 2.18. The van der Waals surface area contributed by atoms with Crippen molar-refractivity contribution < 1.29 is 9.59 Å². The molecule has 2 N–H and O–H groups in total. The number of hydrogen-bond acceptors (Lipinski definition) is 5. The third-order valence-corrected chi connectivity index (χ3v) is 4.24. The lowest BCUT2D eigenvalue weighted by atomic mass is 9.95. The van der Waals surface area contributed by atoms with Crippen LogP contribution in [0.2, 0.25) is 0 Å². The molecule has 0 spiro atoms. The van der Waals surface area contributed by atoms with Crippen LogP contribution in [-0.2, 0) is 9.59 Å². The van der Waals surface area contributed by atoms with Crippen molar-refractivity contribution in [1.29, 1.82) is 0 Å². The molecule has 6 nitrogen and oxygen atoms in total. The zero-order chi connectivity index (χ0) is 19.3. The van der Waals surface area contributed by atoms with Gasteiger partial charge in [0.15, 0.2) is 5.13 Å². The van der Waals surface area contributed by atoms with Crippen LogP contribution < -0.4 is 15.5 Å². The smallest absolute Gasteiger partial charge is 0.273 e. The van der Waals surface area contributed by atoms with Gasteiger partial charge in [-0.25, -0.2) is 4.98 Å². The highest BCUT2D eigenvalue weighted by atomic mass is 32.1. The van der Waals surface area contributed by atoms with Gasteiger partial charge < -0.3 is 10.2 Å². The Bertz CT molecular complexity index is 788. The molecule has 138 valence electrons. The van der Waals surface area contributed by atoms with Crippen LogP contribution in [0, 0.1) is 5.41 Å². The van der Waals surface area contributed by atoms with Crippen LogP contribution in [0.4, 0.5) is 10.8 Å². The molecule has 0 bridgehead atoms. The van der Waals surface area contributed by atoms with Crippen molar-refractivity contribution in [1.82, 2.24) is 10.3 Å². The largest absolute Gasteiger partial charge is 0.378 e. The summed E-state index contributed by atoms with van der Waals surface area (Å²) in [6.45, 7) is 5.39. The lowest BCUT2D eigenvalue weighted by molar-refractivity contribution is -0.128.